The van der Waals surface area contributed by atoms with E-state index in [0.717, 1.165) is 24.2 Å². The van der Waals surface area contributed by atoms with Crippen LogP contribution in [0.2, 0.25) is 0 Å². The van der Waals surface area contributed by atoms with E-state index in [1.165, 1.54) is 24.3 Å². The topological polar surface area (TPSA) is 103 Å². The summed E-state index contributed by atoms with van der Waals surface area (Å²) < 4.78 is 43.6. The number of carbonyl (C=O) groups is 1. The first kappa shape index (κ1) is 22.6. The van der Waals surface area contributed by atoms with Gasteiger partial charge in [0.05, 0.1) is 4.90 Å². The minimum absolute atomic E-state index is 0.129. The Morgan fingerprint density at radius 2 is 1.72 bits per heavy atom. The molecule has 0 aliphatic carbocycles. The molecule has 2 aromatic rings. The molecule has 0 saturated carbocycles. The molecule has 1 amide bonds. The molecule has 2 aliphatic rings. The van der Waals surface area contributed by atoms with E-state index in [0.29, 0.717) is 31.1 Å². The Hall–Kier alpha value is -2.62. The number of nitrogens with one attached hydrogen (secondary N) is 2. The number of amides is 1. The molecule has 0 unspecified atom stereocenters. The summed E-state index contributed by atoms with van der Waals surface area (Å²) in [7, 11) is -3.60. The second kappa shape index (κ2) is 9.09. The van der Waals surface area contributed by atoms with E-state index >= 15 is 0 Å². The second-order valence-corrected chi connectivity index (χ2v) is 10.2. The highest BCUT2D eigenvalue weighted by molar-refractivity contribution is 7.89. The average Bonchev–Trinajstić information content (AvgIpc) is 3.25. The van der Waals surface area contributed by atoms with Crippen molar-refractivity contribution in [1.82, 2.24) is 10.0 Å². The third-order valence-corrected chi connectivity index (χ3v) is 7.51. The van der Waals surface area contributed by atoms with Gasteiger partial charge in [-0.2, -0.15) is 0 Å². The van der Waals surface area contributed by atoms with Crippen molar-refractivity contribution in [3.8, 4) is 11.5 Å². The lowest BCUT2D eigenvalue weighted by Crippen LogP contribution is -2.44. The van der Waals surface area contributed by atoms with Gasteiger partial charge in [-0.05, 0) is 68.7 Å². The average molecular weight is 461 g/mol. The number of fused-ring (bicyclic) bond motifs is 1. The summed E-state index contributed by atoms with van der Waals surface area (Å²) in [6, 6.07) is 11.6. The maximum atomic E-state index is 12.8. The molecule has 2 N–H and O–H groups in total. The minimum Gasteiger partial charge on any atom is -0.454 e. The number of benzene rings is 2. The Balaban J connectivity index is 1.48. The van der Waals surface area contributed by atoms with Crippen LogP contribution in [0.5, 0.6) is 11.5 Å². The van der Waals surface area contributed by atoms with Crippen molar-refractivity contribution in [2.45, 2.75) is 43.0 Å². The van der Waals surface area contributed by atoms with Gasteiger partial charge in [-0.1, -0.05) is 6.07 Å². The van der Waals surface area contributed by atoms with Crippen molar-refractivity contribution < 1.29 is 27.4 Å². The lowest BCUT2D eigenvalue weighted by Gasteiger charge is -2.38. The Morgan fingerprint density at radius 1 is 1.03 bits per heavy atom. The highest BCUT2D eigenvalue weighted by atomic mass is 32.2. The van der Waals surface area contributed by atoms with Crippen LogP contribution in [-0.4, -0.2) is 46.9 Å². The van der Waals surface area contributed by atoms with Crippen LogP contribution in [0.1, 0.15) is 42.6 Å². The van der Waals surface area contributed by atoms with E-state index in [9.17, 15) is 13.2 Å². The van der Waals surface area contributed by atoms with E-state index in [4.69, 9.17) is 14.2 Å². The largest absolute Gasteiger partial charge is 0.454 e. The summed E-state index contributed by atoms with van der Waals surface area (Å²) in [5.41, 5.74) is 1.20. The second-order valence-electron chi connectivity index (χ2n) is 8.44. The summed E-state index contributed by atoms with van der Waals surface area (Å²) in [5.74, 6) is 1.19. The third-order valence-electron chi connectivity index (χ3n) is 5.84. The highest BCUT2D eigenvalue weighted by Crippen LogP contribution is 2.40. The number of sulfonamides is 1. The van der Waals surface area contributed by atoms with E-state index < -0.39 is 10.0 Å². The molecule has 1 fully saturated rings. The summed E-state index contributed by atoms with van der Waals surface area (Å²) >= 11 is 0. The van der Waals surface area contributed by atoms with Gasteiger partial charge in [-0.3, -0.25) is 4.79 Å². The van der Waals surface area contributed by atoms with Crippen LogP contribution in [0.3, 0.4) is 0 Å². The standard InChI is InChI=1S/C23H28N2O6S/c1-16(2)25-32(27,28)19-6-3-17(4-7-19)22(26)24-14-23(9-11-29-12-10-23)18-5-8-20-21(13-18)31-15-30-20/h3-8,13,16,25H,9-12,14-15H2,1-2H3,(H,24,26). The van der Waals surface area contributed by atoms with Gasteiger partial charge in [0, 0.05) is 36.8 Å². The van der Waals surface area contributed by atoms with Crippen molar-refractivity contribution in [2.24, 2.45) is 0 Å². The van der Waals surface area contributed by atoms with Gasteiger partial charge >= 0.3 is 0 Å². The summed E-state index contributed by atoms with van der Waals surface area (Å²) in [4.78, 5) is 13.0. The van der Waals surface area contributed by atoms with Crippen LogP contribution in [0, 0.1) is 0 Å². The van der Waals surface area contributed by atoms with E-state index in [-0.39, 0.29) is 29.1 Å². The van der Waals surface area contributed by atoms with Gasteiger partial charge in [-0.15, -0.1) is 0 Å². The zero-order valence-electron chi connectivity index (χ0n) is 18.2. The van der Waals surface area contributed by atoms with Crippen LogP contribution >= 0.6 is 0 Å². The van der Waals surface area contributed by atoms with E-state index in [2.05, 4.69) is 10.0 Å². The van der Waals surface area contributed by atoms with E-state index in [1.807, 2.05) is 18.2 Å². The van der Waals surface area contributed by atoms with Gasteiger partial charge in [0.2, 0.25) is 16.8 Å². The van der Waals surface area contributed by atoms with Crippen molar-refractivity contribution >= 4 is 15.9 Å². The zero-order valence-corrected chi connectivity index (χ0v) is 19.0. The molecule has 4 rings (SSSR count). The van der Waals surface area contributed by atoms with Crippen LogP contribution < -0.4 is 19.5 Å². The minimum atomic E-state index is -3.60. The highest BCUT2D eigenvalue weighted by Gasteiger charge is 2.36. The fourth-order valence-corrected chi connectivity index (χ4v) is 5.32. The molecule has 9 heteroatoms. The van der Waals surface area contributed by atoms with Gasteiger partial charge < -0.3 is 19.5 Å². The quantitative estimate of drug-likeness (QED) is 0.658. The number of ether oxygens (including phenoxy) is 3. The van der Waals surface area contributed by atoms with Crippen LogP contribution in [0.15, 0.2) is 47.4 Å². The third kappa shape index (κ3) is 4.74. The monoisotopic (exact) mass is 460 g/mol. The van der Waals surface area contributed by atoms with Gasteiger partial charge in [0.1, 0.15) is 0 Å². The summed E-state index contributed by atoms with van der Waals surface area (Å²) in [6.07, 6.45) is 1.54. The number of carbonyl (C=O) groups excluding carboxylic acids is 1. The van der Waals surface area contributed by atoms with Crippen LogP contribution in [-0.2, 0) is 20.2 Å². The fourth-order valence-electron chi connectivity index (χ4n) is 4.07. The van der Waals surface area contributed by atoms with Crippen molar-refractivity contribution in [3.05, 3.63) is 53.6 Å². The lowest BCUT2D eigenvalue weighted by atomic mass is 9.74. The predicted molar refractivity (Wildman–Crippen MR) is 119 cm³/mol. The van der Waals surface area contributed by atoms with Gasteiger partial charge in [0.15, 0.2) is 11.5 Å². The molecule has 172 valence electrons. The molecule has 0 aromatic heterocycles. The van der Waals surface area contributed by atoms with Gasteiger partial charge in [-0.25, -0.2) is 13.1 Å². The van der Waals surface area contributed by atoms with Crippen molar-refractivity contribution in [3.63, 3.8) is 0 Å². The molecule has 0 bridgehead atoms. The first-order valence-corrected chi connectivity index (χ1v) is 12.2. The Morgan fingerprint density at radius 3 is 2.41 bits per heavy atom. The molecule has 8 nitrogen and oxygen atoms in total. The molecule has 2 heterocycles. The lowest BCUT2D eigenvalue weighted by molar-refractivity contribution is 0.0486. The smallest absolute Gasteiger partial charge is 0.251 e. The maximum absolute atomic E-state index is 12.8. The molecule has 0 spiro atoms. The summed E-state index contributed by atoms with van der Waals surface area (Å²) in [6.45, 7) is 5.38. The van der Waals surface area contributed by atoms with Crippen molar-refractivity contribution in [1.29, 1.82) is 0 Å². The first-order valence-electron chi connectivity index (χ1n) is 10.7. The molecule has 0 radical (unpaired) electrons. The molecule has 1 saturated heterocycles. The van der Waals surface area contributed by atoms with Crippen LogP contribution in [0.4, 0.5) is 0 Å². The SMILES string of the molecule is CC(C)NS(=O)(=O)c1ccc(C(=O)NCC2(c3ccc4c(c3)OCO4)CCOCC2)cc1. The van der Waals surface area contributed by atoms with E-state index in [1.54, 1.807) is 13.8 Å². The number of rotatable bonds is 7. The number of hydrogen-bond acceptors (Lipinski definition) is 6. The van der Waals surface area contributed by atoms with Gasteiger partial charge in [0.25, 0.3) is 5.91 Å². The predicted octanol–water partition coefficient (Wildman–Crippen LogP) is 2.58. The normalized spacial score (nSPS) is 17.3. The Bertz CT molecular complexity index is 1080. The maximum Gasteiger partial charge on any atom is 0.251 e. The molecule has 2 aliphatic heterocycles. The Labute approximate surface area is 188 Å². The first-order chi connectivity index (χ1) is 15.3. The molecular formula is C23H28N2O6S. The molecule has 32 heavy (non-hydrogen) atoms. The summed E-state index contributed by atoms with van der Waals surface area (Å²) in [5, 5.41) is 3.03. The molecular weight excluding hydrogens is 432 g/mol. The molecule has 2 aromatic carbocycles. The van der Waals surface area contributed by atoms with Crippen LogP contribution in [0.25, 0.3) is 0 Å². The molecule has 0 atom stereocenters. The Kier molecular flexibility index (Phi) is 6.41. The number of hydrogen-bond donors (Lipinski definition) is 2. The fraction of sp³-hybridized carbons (Fsp3) is 0.435. The zero-order chi connectivity index (χ0) is 22.8. The van der Waals surface area contributed by atoms with Crippen molar-refractivity contribution in [2.75, 3.05) is 26.6 Å².